The Kier molecular flexibility index (Phi) is 11.1. The number of nitrogens with one attached hydrogen (secondary N) is 2. The summed E-state index contributed by atoms with van der Waals surface area (Å²) in [6.45, 7) is 6.90. The van der Waals surface area contributed by atoms with Crippen LogP contribution in [-0.2, 0) is 31.3 Å². The maximum Gasteiger partial charge on any atom is 0.243 e. The number of hydrogen-bond donors (Lipinski definition) is 3. The zero-order valence-electron chi connectivity index (χ0n) is 24.8. The van der Waals surface area contributed by atoms with Gasteiger partial charge in [0, 0.05) is 45.3 Å². The van der Waals surface area contributed by atoms with Gasteiger partial charge in [-0.25, -0.2) is 16.8 Å². The van der Waals surface area contributed by atoms with Crippen LogP contribution in [0.3, 0.4) is 0 Å². The summed E-state index contributed by atoms with van der Waals surface area (Å²) >= 11 is 0. The van der Waals surface area contributed by atoms with Crippen LogP contribution in [0.25, 0.3) is 0 Å². The summed E-state index contributed by atoms with van der Waals surface area (Å²) in [5.41, 5.74) is 0.821. The van der Waals surface area contributed by atoms with E-state index >= 15 is 0 Å². The SMILES string of the molecule is CC(C)CN(C[C@@H](O)[C@H](Cc1ccccc1)NC(=O)[C@H](C)CS(=O)(=O)N1CCNCC1)S(=O)(=O)c1ccc2c(c1)OCO2. The molecule has 1 fully saturated rings. The first kappa shape index (κ1) is 33.1. The van der Waals surface area contributed by atoms with Crippen molar-refractivity contribution >= 4 is 26.0 Å². The molecule has 1 saturated heterocycles. The van der Waals surface area contributed by atoms with E-state index in [-0.39, 0.29) is 42.9 Å². The van der Waals surface area contributed by atoms with E-state index in [2.05, 4.69) is 10.6 Å². The number of amides is 1. The molecular formula is C29H42N4O8S2. The highest BCUT2D eigenvalue weighted by molar-refractivity contribution is 7.89. The van der Waals surface area contributed by atoms with Crippen LogP contribution in [0, 0.1) is 11.8 Å². The highest BCUT2D eigenvalue weighted by atomic mass is 32.2. The lowest BCUT2D eigenvalue weighted by Crippen LogP contribution is -2.53. The van der Waals surface area contributed by atoms with E-state index in [9.17, 15) is 26.7 Å². The van der Waals surface area contributed by atoms with Crippen molar-refractivity contribution < 1.29 is 36.2 Å². The normalized spacial score (nSPS) is 18.0. The summed E-state index contributed by atoms with van der Waals surface area (Å²) in [6, 6.07) is 12.7. The highest BCUT2D eigenvalue weighted by Crippen LogP contribution is 2.35. The molecule has 0 spiro atoms. The summed E-state index contributed by atoms with van der Waals surface area (Å²) in [5, 5.41) is 17.4. The number of sulfonamides is 2. The Labute approximate surface area is 254 Å². The summed E-state index contributed by atoms with van der Waals surface area (Å²) in [4.78, 5) is 13.3. The van der Waals surface area contributed by atoms with Crippen molar-refractivity contribution in [1.29, 1.82) is 0 Å². The summed E-state index contributed by atoms with van der Waals surface area (Å²) in [6.07, 6.45) is -1.09. The van der Waals surface area contributed by atoms with Crippen molar-refractivity contribution in [1.82, 2.24) is 19.2 Å². The monoisotopic (exact) mass is 638 g/mol. The molecule has 4 rings (SSSR count). The molecule has 43 heavy (non-hydrogen) atoms. The zero-order valence-corrected chi connectivity index (χ0v) is 26.4. The van der Waals surface area contributed by atoms with Gasteiger partial charge in [-0.1, -0.05) is 51.1 Å². The molecule has 0 saturated carbocycles. The third kappa shape index (κ3) is 8.67. The number of piperazine rings is 1. The van der Waals surface area contributed by atoms with Gasteiger partial charge in [0.1, 0.15) is 0 Å². The Balaban J connectivity index is 1.53. The van der Waals surface area contributed by atoms with Crippen LogP contribution >= 0.6 is 0 Å². The lowest BCUT2D eigenvalue weighted by Gasteiger charge is -2.31. The van der Waals surface area contributed by atoms with E-state index in [4.69, 9.17) is 9.47 Å². The minimum absolute atomic E-state index is 0.0000125. The van der Waals surface area contributed by atoms with E-state index < -0.39 is 44.0 Å². The second kappa shape index (κ2) is 14.4. The van der Waals surface area contributed by atoms with Gasteiger partial charge in [0.15, 0.2) is 11.5 Å². The molecule has 0 radical (unpaired) electrons. The first-order valence-corrected chi connectivity index (χ1v) is 17.5. The second-order valence-electron chi connectivity index (χ2n) is 11.4. The van der Waals surface area contributed by atoms with Gasteiger partial charge in [-0.2, -0.15) is 8.61 Å². The average Bonchev–Trinajstić information content (AvgIpc) is 3.45. The first-order chi connectivity index (χ1) is 20.4. The predicted molar refractivity (Wildman–Crippen MR) is 162 cm³/mol. The summed E-state index contributed by atoms with van der Waals surface area (Å²) < 4.78 is 66.7. The lowest BCUT2D eigenvalue weighted by molar-refractivity contribution is -0.125. The Morgan fingerprint density at radius 2 is 1.67 bits per heavy atom. The number of carbonyl (C=O) groups excluding carboxylic acids is 1. The van der Waals surface area contributed by atoms with Crippen LogP contribution in [0.4, 0.5) is 0 Å². The van der Waals surface area contributed by atoms with Gasteiger partial charge < -0.3 is 25.2 Å². The van der Waals surface area contributed by atoms with E-state index in [1.807, 2.05) is 44.2 Å². The molecule has 3 atom stereocenters. The number of rotatable bonds is 14. The van der Waals surface area contributed by atoms with Gasteiger partial charge in [0.05, 0.1) is 28.7 Å². The predicted octanol–water partition coefficient (Wildman–Crippen LogP) is 1.02. The Hall–Kier alpha value is -2.75. The number of hydrogen-bond acceptors (Lipinski definition) is 9. The molecule has 2 aromatic rings. The van der Waals surface area contributed by atoms with Crippen molar-refractivity contribution in [3.8, 4) is 11.5 Å². The highest BCUT2D eigenvalue weighted by Gasteiger charge is 2.34. The maximum absolute atomic E-state index is 13.8. The van der Waals surface area contributed by atoms with Crippen molar-refractivity contribution in [2.45, 2.75) is 44.2 Å². The van der Waals surface area contributed by atoms with Crippen LogP contribution in [0.15, 0.2) is 53.4 Å². The molecule has 2 heterocycles. The first-order valence-electron chi connectivity index (χ1n) is 14.5. The van der Waals surface area contributed by atoms with Crippen LogP contribution in [-0.4, -0.2) is 100 Å². The second-order valence-corrected chi connectivity index (χ2v) is 15.4. The Morgan fingerprint density at radius 3 is 2.35 bits per heavy atom. The molecule has 2 aliphatic rings. The van der Waals surface area contributed by atoms with Gasteiger partial charge in [-0.3, -0.25) is 4.79 Å². The number of benzene rings is 2. The molecule has 14 heteroatoms. The molecule has 3 N–H and O–H groups in total. The number of aliphatic hydroxyl groups is 1. The topological polar surface area (TPSA) is 155 Å². The fourth-order valence-corrected chi connectivity index (χ4v) is 8.47. The fraction of sp³-hybridized carbons (Fsp3) is 0.552. The third-order valence-corrected chi connectivity index (χ3v) is 11.3. The summed E-state index contributed by atoms with van der Waals surface area (Å²) in [7, 11) is -7.73. The number of ether oxygens (including phenoxy) is 2. The largest absolute Gasteiger partial charge is 0.454 e. The van der Waals surface area contributed by atoms with Gasteiger partial charge >= 0.3 is 0 Å². The maximum atomic E-state index is 13.8. The Morgan fingerprint density at radius 1 is 1.00 bits per heavy atom. The molecule has 2 aliphatic heterocycles. The van der Waals surface area contributed by atoms with Crippen molar-refractivity contribution in [3.63, 3.8) is 0 Å². The smallest absolute Gasteiger partial charge is 0.243 e. The van der Waals surface area contributed by atoms with E-state index in [0.717, 1.165) is 5.56 Å². The van der Waals surface area contributed by atoms with Crippen LogP contribution in [0.2, 0.25) is 0 Å². The van der Waals surface area contributed by atoms with Gasteiger partial charge in [0.2, 0.25) is 32.7 Å². The van der Waals surface area contributed by atoms with Gasteiger partial charge in [-0.05, 0) is 30.0 Å². The number of aliphatic hydroxyl groups excluding tert-OH is 1. The quantitative estimate of drug-likeness (QED) is 0.275. The molecule has 0 unspecified atom stereocenters. The van der Waals surface area contributed by atoms with E-state index in [0.29, 0.717) is 37.7 Å². The third-order valence-electron chi connectivity index (χ3n) is 7.41. The van der Waals surface area contributed by atoms with Crippen molar-refractivity contribution in [2.75, 3.05) is 51.8 Å². The molecule has 238 valence electrons. The number of nitrogens with zero attached hydrogens (tertiary/aromatic N) is 2. The van der Waals surface area contributed by atoms with Crippen LogP contribution in [0.1, 0.15) is 26.3 Å². The average molecular weight is 639 g/mol. The minimum Gasteiger partial charge on any atom is -0.454 e. The van der Waals surface area contributed by atoms with E-state index in [1.165, 1.54) is 33.7 Å². The number of fused-ring (bicyclic) bond motifs is 1. The number of carbonyl (C=O) groups is 1. The molecular weight excluding hydrogens is 596 g/mol. The molecule has 12 nitrogen and oxygen atoms in total. The molecule has 2 aromatic carbocycles. The Bertz CT molecular complexity index is 1450. The molecule has 0 bridgehead atoms. The summed E-state index contributed by atoms with van der Waals surface area (Å²) in [5.74, 6) is -1.08. The molecule has 0 aromatic heterocycles. The minimum atomic E-state index is -4.07. The van der Waals surface area contributed by atoms with E-state index in [1.54, 1.807) is 0 Å². The van der Waals surface area contributed by atoms with Gasteiger partial charge in [-0.15, -0.1) is 0 Å². The standard InChI is InChI=1S/C29H42N4O8S2/c1-21(2)17-33(43(38,39)24-9-10-27-28(16-24)41-20-40-27)18-26(34)25(15-23-7-5-4-6-8-23)31-29(35)22(3)19-42(36,37)32-13-11-30-12-14-32/h4-10,16,21-22,25-26,30,34H,11-15,17-20H2,1-3H3,(H,31,35)/t22-,25+,26-/m1/s1. The van der Waals surface area contributed by atoms with Crippen LogP contribution < -0.4 is 20.1 Å². The molecule has 1 amide bonds. The van der Waals surface area contributed by atoms with Crippen molar-refractivity contribution in [3.05, 3.63) is 54.1 Å². The van der Waals surface area contributed by atoms with Crippen molar-refractivity contribution in [2.24, 2.45) is 11.8 Å². The van der Waals surface area contributed by atoms with Crippen LogP contribution in [0.5, 0.6) is 11.5 Å². The molecule has 0 aliphatic carbocycles. The zero-order chi connectivity index (χ0) is 31.2. The fourth-order valence-electron chi connectivity index (χ4n) is 5.10. The lowest BCUT2D eigenvalue weighted by atomic mass is 10.00. The van der Waals surface area contributed by atoms with Gasteiger partial charge in [0.25, 0.3) is 0 Å².